The van der Waals surface area contributed by atoms with E-state index in [0.717, 1.165) is 18.3 Å². The van der Waals surface area contributed by atoms with E-state index in [2.05, 4.69) is 15.8 Å². The van der Waals surface area contributed by atoms with Gasteiger partial charge in [0.2, 0.25) is 0 Å². The highest BCUT2D eigenvalue weighted by Crippen LogP contribution is 2.33. The molecule has 0 saturated carbocycles. The highest BCUT2D eigenvalue weighted by Gasteiger charge is 2.16. The largest absolute Gasteiger partial charge is 0.504 e. The zero-order chi connectivity index (χ0) is 24.0. The molecule has 0 aliphatic heterocycles. The van der Waals surface area contributed by atoms with Gasteiger partial charge in [-0.25, -0.2) is 9.82 Å². The minimum atomic E-state index is -0.658. The number of nitro benzene ring substituents is 1. The van der Waals surface area contributed by atoms with Crippen LogP contribution in [0.2, 0.25) is 0 Å². The Morgan fingerprint density at radius 1 is 1.06 bits per heavy atom. The molecule has 3 aromatic carbocycles. The van der Waals surface area contributed by atoms with Gasteiger partial charge in [-0.3, -0.25) is 19.7 Å². The molecule has 10 nitrogen and oxygen atoms in total. The smallest absolute Gasteiger partial charge is 0.274 e. The molecule has 0 radical (unpaired) electrons. The number of halogens is 1. The minimum absolute atomic E-state index is 0.0276. The van der Waals surface area contributed by atoms with Crippen LogP contribution in [0.3, 0.4) is 0 Å². The Kier molecular flexibility index (Phi) is 6.94. The maximum atomic E-state index is 13.0. The molecule has 11 heteroatoms. The van der Waals surface area contributed by atoms with Gasteiger partial charge in [0.05, 0.1) is 24.3 Å². The maximum absolute atomic E-state index is 13.0. The van der Waals surface area contributed by atoms with Gasteiger partial charge in [-0.1, -0.05) is 0 Å². The van der Waals surface area contributed by atoms with Crippen molar-refractivity contribution in [2.75, 3.05) is 12.4 Å². The number of methoxy groups -OCH3 is 1. The Hall–Kier alpha value is -4.80. The number of nitrogens with one attached hydrogen (secondary N) is 2. The van der Waals surface area contributed by atoms with E-state index in [1.54, 1.807) is 0 Å². The number of nitrogens with zero attached hydrogens (tertiary/aromatic N) is 2. The maximum Gasteiger partial charge on any atom is 0.274 e. The number of nitro groups is 1. The average molecular weight is 452 g/mol. The van der Waals surface area contributed by atoms with Crippen LogP contribution in [0.15, 0.2) is 65.8 Å². The lowest BCUT2D eigenvalue weighted by Gasteiger charge is -2.07. The summed E-state index contributed by atoms with van der Waals surface area (Å²) in [5.41, 5.74) is 2.79. The van der Waals surface area contributed by atoms with E-state index in [1.165, 1.54) is 55.6 Å². The molecule has 0 bridgehead atoms. The van der Waals surface area contributed by atoms with Gasteiger partial charge < -0.3 is 15.2 Å². The zero-order valence-corrected chi connectivity index (χ0v) is 17.1. The van der Waals surface area contributed by atoms with Crippen molar-refractivity contribution < 1.29 is 28.7 Å². The van der Waals surface area contributed by atoms with Crippen LogP contribution >= 0.6 is 0 Å². The third-order valence-corrected chi connectivity index (χ3v) is 4.40. The predicted octanol–water partition coefficient (Wildman–Crippen LogP) is 3.46. The first-order chi connectivity index (χ1) is 15.8. The minimum Gasteiger partial charge on any atom is -0.504 e. The number of hydrogen-bond donors (Lipinski definition) is 3. The molecule has 0 aliphatic carbocycles. The van der Waals surface area contributed by atoms with Crippen LogP contribution in [-0.4, -0.2) is 35.2 Å². The van der Waals surface area contributed by atoms with Crippen LogP contribution in [0.4, 0.5) is 15.8 Å². The summed E-state index contributed by atoms with van der Waals surface area (Å²) in [7, 11) is 1.24. The molecule has 3 rings (SSSR count). The van der Waals surface area contributed by atoms with Crippen molar-refractivity contribution in [1.29, 1.82) is 0 Å². The van der Waals surface area contributed by atoms with Crippen molar-refractivity contribution in [3.05, 3.63) is 93.3 Å². The lowest BCUT2D eigenvalue weighted by Crippen LogP contribution is -2.18. The molecule has 2 amide bonds. The molecular weight excluding hydrogens is 435 g/mol. The number of ether oxygens (including phenoxy) is 1. The summed E-state index contributed by atoms with van der Waals surface area (Å²) < 4.78 is 17.9. The molecular formula is C22H17FN4O6. The molecule has 33 heavy (non-hydrogen) atoms. The Balaban J connectivity index is 1.65. The molecule has 0 aromatic heterocycles. The van der Waals surface area contributed by atoms with Gasteiger partial charge in [-0.05, 0) is 48.5 Å². The Labute approximate surface area is 186 Å². The summed E-state index contributed by atoms with van der Waals surface area (Å²) in [6.45, 7) is 0. The van der Waals surface area contributed by atoms with Crippen molar-refractivity contribution in [1.82, 2.24) is 5.43 Å². The third-order valence-electron chi connectivity index (χ3n) is 4.40. The predicted molar refractivity (Wildman–Crippen MR) is 117 cm³/mol. The Morgan fingerprint density at radius 3 is 2.27 bits per heavy atom. The first kappa shape index (κ1) is 22.9. The number of phenols is 1. The summed E-state index contributed by atoms with van der Waals surface area (Å²) in [5.74, 6) is -1.98. The highest BCUT2D eigenvalue weighted by atomic mass is 19.1. The quantitative estimate of drug-likeness (QED) is 0.285. The SMILES string of the molecule is COc1cc([N+](=O)[O-])cc(/C=N\NC(=O)c2ccc(NC(=O)c3ccc(F)cc3)cc2)c1O. The molecule has 3 aromatic rings. The molecule has 0 saturated heterocycles. The summed E-state index contributed by atoms with van der Waals surface area (Å²) in [6.07, 6.45) is 1.04. The lowest BCUT2D eigenvalue weighted by atomic mass is 10.1. The summed E-state index contributed by atoms with van der Waals surface area (Å²) in [6, 6.07) is 13.1. The summed E-state index contributed by atoms with van der Waals surface area (Å²) >= 11 is 0. The number of carbonyl (C=O) groups is 2. The van der Waals surface area contributed by atoms with Gasteiger partial charge in [0, 0.05) is 28.4 Å². The van der Waals surface area contributed by atoms with E-state index in [1.807, 2.05) is 0 Å². The normalized spacial score (nSPS) is 10.6. The fraction of sp³-hybridized carbons (Fsp3) is 0.0455. The van der Waals surface area contributed by atoms with Gasteiger partial charge in [0.1, 0.15) is 5.82 Å². The Morgan fingerprint density at radius 2 is 1.67 bits per heavy atom. The number of aromatic hydroxyl groups is 1. The molecule has 168 valence electrons. The second-order valence-corrected chi connectivity index (χ2v) is 6.58. The third kappa shape index (κ3) is 5.67. The van der Waals surface area contributed by atoms with E-state index in [4.69, 9.17) is 4.74 Å². The summed E-state index contributed by atoms with van der Waals surface area (Å²) in [4.78, 5) is 34.8. The van der Waals surface area contributed by atoms with Crippen molar-refractivity contribution in [2.24, 2.45) is 5.10 Å². The number of amides is 2. The second kappa shape index (κ2) is 10.0. The number of hydrazone groups is 1. The molecule has 0 unspecified atom stereocenters. The first-order valence-electron chi connectivity index (χ1n) is 9.34. The van der Waals surface area contributed by atoms with Crippen LogP contribution in [0.25, 0.3) is 0 Å². The van der Waals surface area contributed by atoms with Gasteiger partial charge in [-0.15, -0.1) is 0 Å². The molecule has 0 fully saturated rings. The van der Waals surface area contributed by atoms with Crippen molar-refractivity contribution in [2.45, 2.75) is 0 Å². The zero-order valence-electron chi connectivity index (χ0n) is 17.1. The molecule has 3 N–H and O–H groups in total. The molecule has 0 spiro atoms. The van der Waals surface area contributed by atoms with Crippen LogP contribution in [0.5, 0.6) is 11.5 Å². The number of non-ortho nitro benzene ring substituents is 1. The van der Waals surface area contributed by atoms with E-state index in [9.17, 15) is 29.2 Å². The lowest BCUT2D eigenvalue weighted by molar-refractivity contribution is -0.385. The highest BCUT2D eigenvalue weighted by molar-refractivity contribution is 6.04. The number of rotatable bonds is 7. The number of phenolic OH excluding ortho intramolecular Hbond substituents is 1. The topological polar surface area (TPSA) is 143 Å². The van der Waals surface area contributed by atoms with Crippen molar-refractivity contribution >= 4 is 29.4 Å². The molecule has 0 aliphatic rings. The fourth-order valence-electron chi connectivity index (χ4n) is 2.71. The first-order valence-corrected chi connectivity index (χ1v) is 9.34. The average Bonchev–Trinajstić information content (AvgIpc) is 2.80. The van der Waals surface area contributed by atoms with Crippen molar-refractivity contribution in [3.63, 3.8) is 0 Å². The van der Waals surface area contributed by atoms with Crippen LogP contribution in [0.1, 0.15) is 26.3 Å². The molecule has 0 atom stereocenters. The second-order valence-electron chi connectivity index (χ2n) is 6.58. The van der Waals surface area contributed by atoms with Gasteiger partial charge in [-0.2, -0.15) is 5.10 Å². The fourth-order valence-corrected chi connectivity index (χ4v) is 2.71. The van der Waals surface area contributed by atoms with E-state index < -0.39 is 22.6 Å². The number of carbonyl (C=O) groups excluding carboxylic acids is 2. The number of hydrogen-bond acceptors (Lipinski definition) is 7. The van der Waals surface area contributed by atoms with Crippen LogP contribution < -0.4 is 15.5 Å². The van der Waals surface area contributed by atoms with Gasteiger partial charge >= 0.3 is 0 Å². The Bertz CT molecular complexity index is 1230. The number of anilines is 1. The van der Waals surface area contributed by atoms with Crippen LogP contribution in [-0.2, 0) is 0 Å². The molecule has 0 heterocycles. The van der Waals surface area contributed by atoms with Gasteiger partial charge in [0.15, 0.2) is 11.5 Å². The standard InChI is InChI=1S/C22H17FN4O6/c1-33-19-11-18(27(31)32)10-15(20(19)28)12-24-26-22(30)14-4-8-17(9-5-14)25-21(29)13-2-6-16(23)7-3-13/h2-12,28H,1H3,(H,25,29)(H,26,30)/b24-12-. The van der Waals surface area contributed by atoms with E-state index >= 15 is 0 Å². The monoisotopic (exact) mass is 452 g/mol. The van der Waals surface area contributed by atoms with E-state index in [0.29, 0.717) is 5.69 Å². The summed E-state index contributed by atoms with van der Waals surface area (Å²) in [5, 5.41) is 27.4. The van der Waals surface area contributed by atoms with Crippen molar-refractivity contribution in [3.8, 4) is 11.5 Å². The van der Waals surface area contributed by atoms with E-state index in [-0.39, 0.29) is 33.9 Å². The van der Waals surface area contributed by atoms with Gasteiger partial charge in [0.25, 0.3) is 17.5 Å². The number of benzene rings is 3. The van der Waals surface area contributed by atoms with Crippen LogP contribution in [0, 0.1) is 15.9 Å².